The van der Waals surface area contributed by atoms with E-state index in [0.29, 0.717) is 11.5 Å². The molecule has 3 rings (SSSR count). The Labute approximate surface area is 125 Å². The highest BCUT2D eigenvalue weighted by molar-refractivity contribution is 7.71. The van der Waals surface area contributed by atoms with Crippen LogP contribution in [0, 0.1) is 10.2 Å². The van der Waals surface area contributed by atoms with Crippen molar-refractivity contribution in [3.8, 4) is 11.3 Å². The van der Waals surface area contributed by atoms with Gasteiger partial charge < -0.3 is 9.55 Å². The van der Waals surface area contributed by atoms with E-state index < -0.39 is 0 Å². The van der Waals surface area contributed by atoms with E-state index in [9.17, 15) is 0 Å². The predicted molar refractivity (Wildman–Crippen MR) is 86.3 cm³/mol. The van der Waals surface area contributed by atoms with Crippen molar-refractivity contribution in [3.05, 3.63) is 41.3 Å². The summed E-state index contributed by atoms with van der Waals surface area (Å²) in [6.07, 6.45) is 7.19. The maximum atomic E-state index is 5.56. The molecule has 1 heterocycles. The van der Waals surface area contributed by atoms with Gasteiger partial charge in [-0.15, -0.1) is 0 Å². The summed E-state index contributed by atoms with van der Waals surface area (Å²) in [5.41, 5.74) is 2.76. The largest absolute Gasteiger partial charge is 0.337 e. The van der Waals surface area contributed by atoms with Crippen LogP contribution >= 0.6 is 12.2 Å². The number of aromatic nitrogens is 2. The molecule has 20 heavy (non-hydrogen) atoms. The standard InChI is InChI=1S/C17H22N2S/c1-17(2)11-7-6-10-15(17)19-14(12-18-16(19)20)13-8-4-3-5-9-13/h3-5,8-9,12,15H,6-7,10-11H2,1-2H3,(H,18,20). The van der Waals surface area contributed by atoms with Gasteiger partial charge in [-0.25, -0.2) is 0 Å². The SMILES string of the molecule is CC1(C)CCCCC1n1c(-c2ccccc2)c[nH]c1=S. The van der Waals surface area contributed by atoms with Crippen LogP contribution in [0.5, 0.6) is 0 Å². The van der Waals surface area contributed by atoms with Crippen LogP contribution in [0.25, 0.3) is 11.3 Å². The Balaban J connectivity index is 2.10. The molecule has 1 aromatic heterocycles. The Kier molecular flexibility index (Phi) is 3.55. The molecule has 0 amide bonds. The molecule has 0 saturated heterocycles. The Bertz CT molecular complexity index is 637. The van der Waals surface area contributed by atoms with Gasteiger partial charge in [0.05, 0.1) is 5.69 Å². The molecule has 0 bridgehead atoms. The lowest BCUT2D eigenvalue weighted by Crippen LogP contribution is -2.31. The summed E-state index contributed by atoms with van der Waals surface area (Å²) in [5.74, 6) is 0. The third-order valence-electron chi connectivity index (χ3n) is 4.64. The second kappa shape index (κ2) is 5.21. The zero-order chi connectivity index (χ0) is 14.2. The van der Waals surface area contributed by atoms with Gasteiger partial charge in [-0.05, 0) is 36.0 Å². The van der Waals surface area contributed by atoms with E-state index in [1.165, 1.54) is 36.9 Å². The van der Waals surface area contributed by atoms with Crippen LogP contribution in [0.2, 0.25) is 0 Å². The second-order valence-corrected chi connectivity index (χ2v) is 6.85. The first-order valence-corrected chi connectivity index (χ1v) is 7.86. The van der Waals surface area contributed by atoms with Crippen LogP contribution < -0.4 is 0 Å². The Morgan fingerprint density at radius 1 is 1.20 bits per heavy atom. The third-order valence-corrected chi connectivity index (χ3v) is 4.96. The van der Waals surface area contributed by atoms with Crippen molar-refractivity contribution in [1.29, 1.82) is 0 Å². The van der Waals surface area contributed by atoms with Crippen molar-refractivity contribution in [2.75, 3.05) is 0 Å². The molecule has 1 saturated carbocycles. The first kappa shape index (κ1) is 13.6. The fraction of sp³-hybridized carbons (Fsp3) is 0.471. The highest BCUT2D eigenvalue weighted by Gasteiger charge is 2.34. The minimum Gasteiger partial charge on any atom is -0.337 e. The van der Waals surface area contributed by atoms with Gasteiger partial charge in [-0.2, -0.15) is 0 Å². The summed E-state index contributed by atoms with van der Waals surface area (Å²) in [4.78, 5) is 3.25. The summed E-state index contributed by atoms with van der Waals surface area (Å²) in [6.45, 7) is 4.75. The lowest BCUT2D eigenvalue weighted by molar-refractivity contribution is 0.144. The molecule has 1 aromatic carbocycles. The predicted octanol–water partition coefficient (Wildman–Crippen LogP) is 5.35. The number of nitrogens with one attached hydrogen (secondary N) is 1. The number of imidazole rings is 1. The fourth-order valence-electron chi connectivity index (χ4n) is 3.47. The Morgan fingerprint density at radius 3 is 2.65 bits per heavy atom. The van der Waals surface area contributed by atoms with Crippen LogP contribution in [-0.2, 0) is 0 Å². The summed E-state index contributed by atoms with van der Waals surface area (Å²) in [7, 11) is 0. The molecule has 2 aromatic rings. The van der Waals surface area contributed by atoms with Gasteiger partial charge >= 0.3 is 0 Å². The molecule has 1 fully saturated rings. The molecule has 1 aliphatic carbocycles. The molecule has 3 heteroatoms. The van der Waals surface area contributed by atoms with E-state index >= 15 is 0 Å². The first-order valence-electron chi connectivity index (χ1n) is 7.45. The van der Waals surface area contributed by atoms with Gasteiger partial charge in [0.2, 0.25) is 0 Å². The molecule has 1 N–H and O–H groups in total. The Morgan fingerprint density at radius 2 is 1.95 bits per heavy atom. The topological polar surface area (TPSA) is 20.7 Å². The number of aromatic amines is 1. The molecular weight excluding hydrogens is 264 g/mol. The smallest absolute Gasteiger partial charge is 0.177 e. The second-order valence-electron chi connectivity index (χ2n) is 6.47. The number of hydrogen-bond donors (Lipinski definition) is 1. The molecule has 1 atom stereocenters. The molecule has 106 valence electrons. The van der Waals surface area contributed by atoms with Crippen molar-refractivity contribution < 1.29 is 0 Å². The highest BCUT2D eigenvalue weighted by atomic mass is 32.1. The van der Waals surface area contributed by atoms with Crippen LogP contribution in [0.1, 0.15) is 45.6 Å². The normalized spacial score (nSPS) is 21.8. The number of benzene rings is 1. The molecule has 1 unspecified atom stereocenters. The number of rotatable bonds is 2. The zero-order valence-corrected chi connectivity index (χ0v) is 13.0. The molecule has 1 aliphatic rings. The minimum absolute atomic E-state index is 0.308. The highest BCUT2D eigenvalue weighted by Crippen LogP contribution is 2.45. The van der Waals surface area contributed by atoms with Gasteiger partial charge in [-0.3, -0.25) is 0 Å². The number of hydrogen-bond acceptors (Lipinski definition) is 1. The summed E-state index contributed by atoms with van der Waals surface area (Å²) >= 11 is 5.56. The molecule has 2 nitrogen and oxygen atoms in total. The average molecular weight is 286 g/mol. The molecule has 0 aliphatic heterocycles. The van der Waals surface area contributed by atoms with E-state index in [1.54, 1.807) is 0 Å². The van der Waals surface area contributed by atoms with Crippen LogP contribution in [0.3, 0.4) is 0 Å². The van der Waals surface area contributed by atoms with E-state index in [4.69, 9.17) is 12.2 Å². The summed E-state index contributed by atoms with van der Waals surface area (Å²) < 4.78 is 3.20. The average Bonchev–Trinajstić information content (AvgIpc) is 2.81. The quantitative estimate of drug-likeness (QED) is 0.738. The van der Waals surface area contributed by atoms with E-state index in [2.05, 4.69) is 59.9 Å². The van der Waals surface area contributed by atoms with Crippen LogP contribution in [0.4, 0.5) is 0 Å². The van der Waals surface area contributed by atoms with Crippen LogP contribution in [0.15, 0.2) is 36.5 Å². The third kappa shape index (κ3) is 2.35. The van der Waals surface area contributed by atoms with Crippen molar-refractivity contribution in [1.82, 2.24) is 9.55 Å². The van der Waals surface area contributed by atoms with Crippen molar-refractivity contribution in [3.63, 3.8) is 0 Å². The summed E-state index contributed by atoms with van der Waals surface area (Å²) in [5, 5.41) is 0. The fourth-order valence-corrected chi connectivity index (χ4v) is 3.76. The van der Waals surface area contributed by atoms with Gasteiger partial charge in [-0.1, -0.05) is 57.0 Å². The zero-order valence-electron chi connectivity index (χ0n) is 12.2. The lowest BCUT2D eigenvalue weighted by atomic mass is 9.73. The van der Waals surface area contributed by atoms with E-state index in [1.807, 2.05) is 0 Å². The Hall–Kier alpha value is -1.35. The molecule has 0 spiro atoms. The van der Waals surface area contributed by atoms with Gasteiger partial charge in [0.25, 0.3) is 0 Å². The summed E-state index contributed by atoms with van der Waals surface area (Å²) in [6, 6.07) is 11.0. The maximum Gasteiger partial charge on any atom is 0.177 e. The molecule has 0 radical (unpaired) electrons. The maximum absolute atomic E-state index is 5.56. The van der Waals surface area contributed by atoms with Gasteiger partial charge in [0, 0.05) is 12.2 Å². The van der Waals surface area contributed by atoms with Gasteiger partial charge in [0.1, 0.15) is 0 Å². The van der Waals surface area contributed by atoms with Crippen molar-refractivity contribution in [2.24, 2.45) is 5.41 Å². The van der Waals surface area contributed by atoms with E-state index in [0.717, 1.165) is 4.77 Å². The number of nitrogens with zero attached hydrogens (tertiary/aromatic N) is 1. The molecular formula is C17H22N2S. The van der Waals surface area contributed by atoms with Crippen LogP contribution in [-0.4, -0.2) is 9.55 Å². The van der Waals surface area contributed by atoms with Crippen molar-refractivity contribution in [2.45, 2.75) is 45.6 Å². The van der Waals surface area contributed by atoms with Gasteiger partial charge in [0.15, 0.2) is 4.77 Å². The van der Waals surface area contributed by atoms with E-state index in [-0.39, 0.29) is 0 Å². The van der Waals surface area contributed by atoms with Crippen molar-refractivity contribution >= 4 is 12.2 Å². The number of H-pyrrole nitrogens is 1. The monoisotopic (exact) mass is 286 g/mol. The lowest BCUT2D eigenvalue weighted by Gasteiger charge is -2.40. The minimum atomic E-state index is 0.308. The first-order chi connectivity index (χ1) is 9.59.